The highest BCUT2D eigenvalue weighted by molar-refractivity contribution is 5.94. The molecule has 0 saturated carbocycles. The molecule has 0 saturated heterocycles. The van der Waals surface area contributed by atoms with Crippen molar-refractivity contribution in [1.29, 1.82) is 0 Å². The fourth-order valence-electron chi connectivity index (χ4n) is 3.94. The zero-order valence-electron chi connectivity index (χ0n) is 17.8. The lowest BCUT2D eigenvalue weighted by Crippen LogP contribution is -2.18. The van der Waals surface area contributed by atoms with Crippen molar-refractivity contribution in [3.63, 3.8) is 0 Å². The molecule has 0 aliphatic carbocycles. The van der Waals surface area contributed by atoms with E-state index in [1.54, 1.807) is 19.2 Å². The van der Waals surface area contributed by atoms with Gasteiger partial charge in [-0.3, -0.25) is 4.79 Å². The number of benzene rings is 4. The van der Waals surface area contributed by atoms with Crippen LogP contribution in [0.2, 0.25) is 0 Å². The summed E-state index contributed by atoms with van der Waals surface area (Å²) in [5.41, 5.74) is 10.2. The topological polar surface area (TPSA) is 64.3 Å². The zero-order valence-corrected chi connectivity index (χ0v) is 17.8. The van der Waals surface area contributed by atoms with Crippen LogP contribution in [-0.4, -0.2) is 13.0 Å². The van der Waals surface area contributed by atoms with E-state index in [2.05, 4.69) is 66.8 Å². The Morgan fingerprint density at radius 1 is 0.968 bits per heavy atom. The number of fused-ring (bicyclic) bond motifs is 1. The summed E-state index contributed by atoms with van der Waals surface area (Å²) in [5, 5.41) is 6.15. The van der Waals surface area contributed by atoms with E-state index in [1.807, 2.05) is 18.2 Å². The fraction of sp³-hybridized carbons (Fsp3) is 0.148. The minimum Gasteiger partial charge on any atom is -0.496 e. The molecule has 1 atom stereocenters. The molecule has 1 unspecified atom stereocenters. The number of ether oxygens (including phenoxy) is 1. The Hall–Kier alpha value is -3.63. The van der Waals surface area contributed by atoms with Crippen LogP contribution in [0.25, 0.3) is 21.9 Å². The first-order chi connectivity index (χ1) is 15.1. The van der Waals surface area contributed by atoms with Gasteiger partial charge >= 0.3 is 0 Å². The van der Waals surface area contributed by atoms with Crippen molar-refractivity contribution < 1.29 is 9.53 Å². The normalized spacial score (nSPS) is 11.9. The summed E-state index contributed by atoms with van der Waals surface area (Å²) < 4.78 is 5.56. The Morgan fingerprint density at radius 2 is 1.74 bits per heavy atom. The van der Waals surface area contributed by atoms with Crippen LogP contribution in [0.5, 0.6) is 5.75 Å². The summed E-state index contributed by atoms with van der Waals surface area (Å²) >= 11 is 0. The second-order valence-corrected chi connectivity index (χ2v) is 7.65. The largest absolute Gasteiger partial charge is 0.496 e. The van der Waals surface area contributed by atoms with Gasteiger partial charge in [0.2, 0.25) is 5.91 Å². The van der Waals surface area contributed by atoms with E-state index in [-0.39, 0.29) is 6.04 Å². The fourth-order valence-corrected chi connectivity index (χ4v) is 3.94. The van der Waals surface area contributed by atoms with E-state index in [0.717, 1.165) is 22.4 Å². The molecule has 0 aromatic heterocycles. The number of carbonyl (C=O) groups excluding carboxylic acids is 1. The standard InChI is InChI=1S/C27H26N2O2/c1-18(23-12-6-8-20-7-3-4-11-24(20)23)29-17-19-13-14-26(31-2)25(15-19)21-9-5-10-22(16-21)27(28)30/h3-16,18,29H,17H2,1-2H3,(H2,28,30). The highest BCUT2D eigenvalue weighted by atomic mass is 16.5. The molecule has 156 valence electrons. The number of hydrogen-bond donors (Lipinski definition) is 2. The van der Waals surface area contributed by atoms with E-state index in [1.165, 1.54) is 16.3 Å². The molecule has 0 spiro atoms. The van der Waals surface area contributed by atoms with Crippen LogP contribution in [0.3, 0.4) is 0 Å². The van der Waals surface area contributed by atoms with Gasteiger partial charge in [0, 0.05) is 23.7 Å². The molecule has 0 radical (unpaired) electrons. The summed E-state index contributed by atoms with van der Waals surface area (Å²) in [6.45, 7) is 2.89. The van der Waals surface area contributed by atoms with Gasteiger partial charge in [0.1, 0.15) is 5.75 Å². The molecule has 0 bridgehead atoms. The van der Waals surface area contributed by atoms with Crippen molar-refractivity contribution in [3.05, 3.63) is 102 Å². The average Bonchev–Trinajstić information content (AvgIpc) is 2.82. The molecular weight excluding hydrogens is 384 g/mol. The molecule has 1 amide bonds. The average molecular weight is 411 g/mol. The Kier molecular flexibility index (Phi) is 6.01. The number of methoxy groups -OCH3 is 1. The minimum atomic E-state index is -0.442. The number of hydrogen-bond acceptors (Lipinski definition) is 3. The number of nitrogens with one attached hydrogen (secondary N) is 1. The van der Waals surface area contributed by atoms with Crippen LogP contribution in [0.15, 0.2) is 84.9 Å². The molecule has 3 N–H and O–H groups in total. The number of primary amides is 1. The number of amides is 1. The van der Waals surface area contributed by atoms with Crippen LogP contribution in [0.4, 0.5) is 0 Å². The van der Waals surface area contributed by atoms with Crippen LogP contribution in [0, 0.1) is 0 Å². The van der Waals surface area contributed by atoms with Gasteiger partial charge in [-0.2, -0.15) is 0 Å². The van der Waals surface area contributed by atoms with Crippen molar-refractivity contribution in [2.24, 2.45) is 5.73 Å². The lowest BCUT2D eigenvalue weighted by Gasteiger charge is -2.18. The van der Waals surface area contributed by atoms with Gasteiger partial charge in [0.15, 0.2) is 0 Å². The van der Waals surface area contributed by atoms with Crippen LogP contribution >= 0.6 is 0 Å². The molecule has 4 aromatic carbocycles. The molecule has 0 heterocycles. The van der Waals surface area contributed by atoms with Crippen LogP contribution in [-0.2, 0) is 6.54 Å². The Morgan fingerprint density at radius 3 is 2.55 bits per heavy atom. The van der Waals surface area contributed by atoms with E-state index < -0.39 is 5.91 Å². The second-order valence-electron chi connectivity index (χ2n) is 7.65. The predicted molar refractivity (Wildman–Crippen MR) is 126 cm³/mol. The maximum Gasteiger partial charge on any atom is 0.248 e. The smallest absolute Gasteiger partial charge is 0.248 e. The molecule has 4 nitrogen and oxygen atoms in total. The van der Waals surface area contributed by atoms with Crippen LogP contribution in [0.1, 0.15) is 34.5 Å². The van der Waals surface area contributed by atoms with E-state index >= 15 is 0 Å². The van der Waals surface area contributed by atoms with Crippen LogP contribution < -0.4 is 15.8 Å². The Balaban J connectivity index is 1.59. The zero-order chi connectivity index (χ0) is 21.8. The van der Waals surface area contributed by atoms with Gasteiger partial charge in [-0.05, 0) is 58.7 Å². The van der Waals surface area contributed by atoms with E-state index in [9.17, 15) is 4.79 Å². The molecule has 4 heteroatoms. The highest BCUT2D eigenvalue weighted by Gasteiger charge is 2.12. The van der Waals surface area contributed by atoms with E-state index in [0.29, 0.717) is 12.1 Å². The summed E-state index contributed by atoms with van der Waals surface area (Å²) in [6.07, 6.45) is 0. The molecule has 4 rings (SSSR count). The first-order valence-corrected chi connectivity index (χ1v) is 10.3. The third-order valence-electron chi connectivity index (χ3n) is 5.62. The quantitative estimate of drug-likeness (QED) is 0.425. The molecule has 0 fully saturated rings. The first-order valence-electron chi connectivity index (χ1n) is 10.3. The first kappa shape index (κ1) is 20.6. The third kappa shape index (κ3) is 4.44. The van der Waals surface area contributed by atoms with Gasteiger partial charge < -0.3 is 15.8 Å². The van der Waals surface area contributed by atoms with Crippen molar-refractivity contribution in [3.8, 4) is 16.9 Å². The summed E-state index contributed by atoms with van der Waals surface area (Å²) in [4.78, 5) is 11.6. The lowest BCUT2D eigenvalue weighted by atomic mass is 9.98. The second kappa shape index (κ2) is 9.02. The Bertz CT molecular complexity index is 1230. The maximum atomic E-state index is 11.6. The van der Waals surface area contributed by atoms with Gasteiger partial charge in [-0.1, -0.05) is 60.7 Å². The van der Waals surface area contributed by atoms with Gasteiger partial charge in [0.05, 0.1) is 7.11 Å². The molecule has 4 aromatic rings. The predicted octanol–water partition coefficient (Wildman–Crippen LogP) is 5.47. The van der Waals surface area contributed by atoms with Crippen molar-refractivity contribution in [2.75, 3.05) is 7.11 Å². The monoisotopic (exact) mass is 410 g/mol. The molecule has 0 aliphatic heterocycles. The molecule has 0 aliphatic rings. The minimum absolute atomic E-state index is 0.190. The highest BCUT2D eigenvalue weighted by Crippen LogP contribution is 2.32. The summed E-state index contributed by atoms with van der Waals surface area (Å²) in [6, 6.07) is 28.5. The third-order valence-corrected chi connectivity index (χ3v) is 5.62. The number of rotatable bonds is 7. The summed E-state index contributed by atoms with van der Waals surface area (Å²) in [5.74, 6) is 0.315. The molecular formula is C27H26N2O2. The van der Waals surface area contributed by atoms with Crippen molar-refractivity contribution in [2.45, 2.75) is 19.5 Å². The van der Waals surface area contributed by atoms with Gasteiger partial charge in [0.25, 0.3) is 0 Å². The maximum absolute atomic E-state index is 11.6. The number of carbonyl (C=O) groups is 1. The SMILES string of the molecule is COc1ccc(CNC(C)c2cccc3ccccc23)cc1-c1cccc(C(N)=O)c1. The van der Waals surface area contributed by atoms with Crippen molar-refractivity contribution >= 4 is 16.7 Å². The number of nitrogens with two attached hydrogens (primary N) is 1. The molecule has 31 heavy (non-hydrogen) atoms. The van der Waals surface area contributed by atoms with Gasteiger partial charge in [-0.15, -0.1) is 0 Å². The van der Waals surface area contributed by atoms with Crippen molar-refractivity contribution in [1.82, 2.24) is 5.32 Å². The van der Waals surface area contributed by atoms with E-state index in [4.69, 9.17) is 10.5 Å². The lowest BCUT2D eigenvalue weighted by molar-refractivity contribution is 0.100. The van der Waals surface area contributed by atoms with Gasteiger partial charge in [-0.25, -0.2) is 0 Å². The Labute approximate surface area is 182 Å². The summed E-state index contributed by atoms with van der Waals surface area (Å²) in [7, 11) is 1.65.